The molecule has 0 aliphatic carbocycles. The molecule has 0 radical (unpaired) electrons. The van der Waals surface area contributed by atoms with Crippen molar-refractivity contribution in [2.45, 2.75) is 6.54 Å². The first-order valence-electron chi connectivity index (χ1n) is 8.74. The highest BCUT2D eigenvalue weighted by Gasteiger charge is 2.18. The van der Waals surface area contributed by atoms with Gasteiger partial charge in [-0.25, -0.2) is 19.2 Å². The molecule has 5 rings (SSSR count). The summed E-state index contributed by atoms with van der Waals surface area (Å²) in [4.78, 5) is 27.2. The zero-order valence-corrected chi connectivity index (χ0v) is 14.9. The second-order valence-corrected chi connectivity index (χ2v) is 6.45. The van der Waals surface area contributed by atoms with Gasteiger partial charge in [0.05, 0.1) is 24.0 Å². The molecule has 0 saturated heterocycles. The van der Waals surface area contributed by atoms with E-state index in [2.05, 4.69) is 25.0 Å². The fourth-order valence-corrected chi connectivity index (χ4v) is 3.27. The Bertz CT molecular complexity index is 1380. The zero-order chi connectivity index (χ0) is 20.0. The van der Waals surface area contributed by atoms with Crippen molar-refractivity contribution in [3.05, 3.63) is 72.1 Å². The Morgan fingerprint density at radius 1 is 1.21 bits per heavy atom. The van der Waals surface area contributed by atoms with Crippen molar-refractivity contribution in [2.75, 3.05) is 0 Å². The number of carboxylic acid groups (broad SMARTS) is 1. The summed E-state index contributed by atoms with van der Waals surface area (Å²) in [5, 5.41) is 14.6. The lowest BCUT2D eigenvalue weighted by Gasteiger charge is -2.02. The molecule has 4 heterocycles. The first-order chi connectivity index (χ1) is 14.1. The molecule has 0 saturated carbocycles. The summed E-state index contributed by atoms with van der Waals surface area (Å²) in [5.41, 5.74) is 2.88. The predicted molar refractivity (Wildman–Crippen MR) is 103 cm³/mol. The van der Waals surface area contributed by atoms with Crippen LogP contribution in [-0.2, 0) is 6.54 Å². The predicted octanol–water partition coefficient (Wildman–Crippen LogP) is 3.26. The number of pyridine rings is 1. The number of halogens is 1. The number of rotatable bonds is 4. The van der Waals surface area contributed by atoms with Crippen molar-refractivity contribution < 1.29 is 14.3 Å². The van der Waals surface area contributed by atoms with Gasteiger partial charge in [-0.3, -0.25) is 9.67 Å². The van der Waals surface area contributed by atoms with E-state index in [-0.39, 0.29) is 16.9 Å². The average Bonchev–Trinajstić information content (AvgIpc) is 3.30. The van der Waals surface area contributed by atoms with Gasteiger partial charge < -0.3 is 10.1 Å². The molecule has 4 aromatic heterocycles. The Morgan fingerprint density at radius 2 is 2.10 bits per heavy atom. The van der Waals surface area contributed by atoms with Gasteiger partial charge in [-0.2, -0.15) is 5.10 Å². The second kappa shape index (κ2) is 6.48. The summed E-state index contributed by atoms with van der Waals surface area (Å²) in [6.07, 6.45) is 4.55. The van der Waals surface area contributed by atoms with Gasteiger partial charge in [0.1, 0.15) is 28.3 Å². The van der Waals surface area contributed by atoms with Crippen LogP contribution in [0.3, 0.4) is 0 Å². The summed E-state index contributed by atoms with van der Waals surface area (Å²) in [7, 11) is 0. The topological polar surface area (TPSA) is 110 Å². The Hall–Kier alpha value is -4.14. The van der Waals surface area contributed by atoms with Crippen LogP contribution < -0.4 is 0 Å². The van der Waals surface area contributed by atoms with Crippen LogP contribution in [0.4, 0.5) is 4.39 Å². The van der Waals surface area contributed by atoms with Crippen LogP contribution >= 0.6 is 0 Å². The van der Waals surface area contributed by atoms with Gasteiger partial charge in [-0.1, -0.05) is 6.07 Å². The Kier molecular flexibility index (Phi) is 3.80. The van der Waals surface area contributed by atoms with Crippen molar-refractivity contribution >= 4 is 28.0 Å². The van der Waals surface area contributed by atoms with Gasteiger partial charge in [0.2, 0.25) is 0 Å². The van der Waals surface area contributed by atoms with E-state index in [9.17, 15) is 14.3 Å². The molecule has 0 fully saturated rings. The number of H-pyrrole nitrogens is 1. The van der Waals surface area contributed by atoms with E-state index in [0.717, 1.165) is 5.69 Å². The van der Waals surface area contributed by atoms with E-state index in [1.165, 1.54) is 24.5 Å². The molecule has 142 valence electrons. The number of nitrogens with one attached hydrogen (secondary N) is 1. The lowest BCUT2D eigenvalue weighted by atomic mass is 10.1. The Morgan fingerprint density at radius 3 is 2.90 bits per heavy atom. The summed E-state index contributed by atoms with van der Waals surface area (Å²) in [6.45, 7) is 0.348. The molecule has 0 unspecified atom stereocenters. The molecular weight excluding hydrogens is 375 g/mol. The fraction of sp³-hybridized carbons (Fsp3) is 0.0500. The van der Waals surface area contributed by atoms with Crippen molar-refractivity contribution in [3.8, 4) is 11.4 Å². The van der Waals surface area contributed by atoms with Crippen molar-refractivity contribution in [1.29, 1.82) is 0 Å². The van der Waals surface area contributed by atoms with Crippen molar-refractivity contribution in [2.24, 2.45) is 0 Å². The fourth-order valence-electron chi connectivity index (χ4n) is 3.27. The van der Waals surface area contributed by atoms with Gasteiger partial charge >= 0.3 is 5.97 Å². The van der Waals surface area contributed by atoms with E-state index in [4.69, 9.17) is 0 Å². The molecule has 0 atom stereocenters. The number of nitrogens with zero attached hydrogens (tertiary/aromatic N) is 5. The van der Waals surface area contributed by atoms with Gasteiger partial charge in [0.25, 0.3) is 0 Å². The number of aromatic nitrogens is 6. The number of carboxylic acids is 1. The van der Waals surface area contributed by atoms with E-state index in [0.29, 0.717) is 34.5 Å². The molecule has 0 amide bonds. The molecule has 8 nitrogen and oxygen atoms in total. The molecular formula is C20H13FN6O2. The molecule has 0 aliphatic rings. The van der Waals surface area contributed by atoms with E-state index >= 15 is 0 Å². The smallest absolute Gasteiger partial charge is 0.339 e. The number of carbonyl (C=O) groups is 1. The maximum absolute atomic E-state index is 13.9. The number of fused-ring (bicyclic) bond motifs is 2. The van der Waals surface area contributed by atoms with Crippen molar-refractivity contribution in [1.82, 2.24) is 29.7 Å². The normalized spacial score (nSPS) is 11.3. The molecule has 9 heteroatoms. The minimum Gasteiger partial charge on any atom is -0.478 e. The number of hydrogen-bond donors (Lipinski definition) is 2. The Balaban J connectivity index is 1.70. The van der Waals surface area contributed by atoms with Crippen LogP contribution in [0.2, 0.25) is 0 Å². The minimum atomic E-state index is -1.10. The lowest BCUT2D eigenvalue weighted by molar-refractivity contribution is 0.0699. The van der Waals surface area contributed by atoms with E-state index < -0.39 is 5.97 Å². The maximum Gasteiger partial charge on any atom is 0.339 e. The van der Waals surface area contributed by atoms with Crippen LogP contribution in [0.1, 0.15) is 16.1 Å². The van der Waals surface area contributed by atoms with E-state index in [1.54, 1.807) is 16.9 Å². The monoisotopic (exact) mass is 388 g/mol. The third kappa shape index (κ3) is 2.89. The van der Waals surface area contributed by atoms with Crippen LogP contribution in [0.5, 0.6) is 0 Å². The minimum absolute atomic E-state index is 0.0256. The highest BCUT2D eigenvalue weighted by atomic mass is 19.1. The van der Waals surface area contributed by atoms with Crippen LogP contribution in [-0.4, -0.2) is 40.8 Å². The first kappa shape index (κ1) is 17.0. The van der Waals surface area contributed by atoms with Crippen molar-refractivity contribution in [3.63, 3.8) is 0 Å². The first-order valence-corrected chi connectivity index (χ1v) is 8.74. The van der Waals surface area contributed by atoms with Gasteiger partial charge in [-0.15, -0.1) is 0 Å². The number of aromatic amines is 1. The zero-order valence-electron chi connectivity index (χ0n) is 14.9. The number of benzene rings is 1. The third-order valence-corrected chi connectivity index (χ3v) is 4.61. The van der Waals surface area contributed by atoms with Crippen LogP contribution in [0.15, 0.2) is 55.0 Å². The molecule has 1 aromatic carbocycles. The summed E-state index contributed by atoms with van der Waals surface area (Å²) in [5.74, 6) is -1.48. The van der Waals surface area contributed by atoms with E-state index in [1.807, 2.05) is 18.2 Å². The van der Waals surface area contributed by atoms with Crippen LogP contribution in [0.25, 0.3) is 33.5 Å². The SMILES string of the molecule is O=C(O)c1c[nH]c2ncc(-c3nn(Cc4ccccn4)c4cc(F)ccc34)nc12. The lowest BCUT2D eigenvalue weighted by Crippen LogP contribution is -2.03. The molecule has 0 aliphatic heterocycles. The molecule has 0 bridgehead atoms. The Labute approximate surface area is 162 Å². The average molecular weight is 388 g/mol. The quantitative estimate of drug-likeness (QED) is 0.489. The number of hydrogen-bond acceptors (Lipinski definition) is 5. The number of aromatic carboxylic acids is 1. The van der Waals surface area contributed by atoms with Crippen LogP contribution in [0, 0.1) is 5.82 Å². The summed E-state index contributed by atoms with van der Waals surface area (Å²) in [6, 6.07) is 9.93. The standard InChI is InChI=1S/C20H13FN6O2/c21-11-4-5-13-16(7-11)27(10-12-3-1-2-6-22-12)26-17(13)15-9-24-19-18(25-15)14(8-23-19)20(28)29/h1-9H,10H2,(H,23,24)(H,28,29). The summed E-state index contributed by atoms with van der Waals surface area (Å²) >= 11 is 0. The highest BCUT2D eigenvalue weighted by molar-refractivity contribution is 6.01. The molecule has 29 heavy (non-hydrogen) atoms. The summed E-state index contributed by atoms with van der Waals surface area (Å²) < 4.78 is 15.6. The largest absolute Gasteiger partial charge is 0.478 e. The van der Waals surface area contributed by atoms with Gasteiger partial charge in [0, 0.05) is 17.8 Å². The second-order valence-electron chi connectivity index (χ2n) is 6.45. The maximum atomic E-state index is 13.9. The highest BCUT2D eigenvalue weighted by Crippen LogP contribution is 2.29. The third-order valence-electron chi connectivity index (χ3n) is 4.61. The molecule has 5 aromatic rings. The molecule has 2 N–H and O–H groups in total. The van der Waals surface area contributed by atoms with Gasteiger partial charge in [0.15, 0.2) is 5.65 Å². The molecule has 0 spiro atoms. The van der Waals surface area contributed by atoms with Gasteiger partial charge in [-0.05, 0) is 30.3 Å².